The number of rotatable bonds is 5. The quantitative estimate of drug-likeness (QED) is 0.641. The number of hydrogen-bond donors (Lipinski definition) is 1. The van der Waals surface area contributed by atoms with Gasteiger partial charge < -0.3 is 5.32 Å². The van der Waals surface area contributed by atoms with E-state index in [1.54, 1.807) is 12.1 Å². The Morgan fingerprint density at radius 2 is 1.67 bits per heavy atom. The fourth-order valence-electron chi connectivity index (χ4n) is 1.70. The molecular formula is C16H12Cl2FNO. The molecule has 2 aromatic carbocycles. The molecule has 0 fully saturated rings. The Hall–Kier alpha value is -1.84. The van der Waals surface area contributed by atoms with Crippen LogP contribution in [0.4, 0.5) is 10.1 Å². The molecule has 0 aliphatic rings. The van der Waals surface area contributed by atoms with Crippen molar-refractivity contribution in [3.05, 3.63) is 72.1 Å². The van der Waals surface area contributed by atoms with Crippen molar-refractivity contribution in [3.8, 4) is 0 Å². The van der Waals surface area contributed by atoms with Crippen molar-refractivity contribution in [3.63, 3.8) is 0 Å². The first-order valence-electron chi connectivity index (χ1n) is 6.18. The second kappa shape index (κ2) is 7.25. The number of carbonyl (C=O) groups is 1. The summed E-state index contributed by atoms with van der Waals surface area (Å²) in [5, 5.41) is 3.06. The first kappa shape index (κ1) is 15.5. The molecule has 0 atom stereocenters. The van der Waals surface area contributed by atoms with Crippen molar-refractivity contribution in [2.24, 2.45) is 0 Å². The summed E-state index contributed by atoms with van der Waals surface area (Å²) in [5.74, 6) is -0.754. The van der Waals surface area contributed by atoms with E-state index in [2.05, 4.69) is 5.32 Å². The van der Waals surface area contributed by atoms with E-state index in [1.165, 1.54) is 18.2 Å². The normalized spacial score (nSPS) is 11.5. The van der Waals surface area contributed by atoms with Crippen molar-refractivity contribution in [1.29, 1.82) is 0 Å². The number of carbonyl (C=O) groups excluding carboxylic acids is 1. The average molecular weight is 324 g/mol. The van der Waals surface area contributed by atoms with Crippen LogP contribution in [0, 0.1) is 5.82 Å². The maximum atomic E-state index is 12.9. The molecule has 2 aromatic rings. The number of halogens is 3. The maximum absolute atomic E-state index is 12.9. The Kier molecular flexibility index (Phi) is 5.37. The van der Waals surface area contributed by atoms with Crippen LogP contribution in [0.2, 0.25) is 0 Å². The van der Waals surface area contributed by atoms with Gasteiger partial charge in [-0.25, -0.2) is 4.39 Å². The van der Waals surface area contributed by atoms with Crippen LogP contribution in [0.25, 0.3) is 5.70 Å². The average Bonchev–Trinajstić information content (AvgIpc) is 2.49. The minimum Gasteiger partial charge on any atom is -0.355 e. The van der Waals surface area contributed by atoms with Gasteiger partial charge in [-0.3, -0.25) is 4.79 Å². The van der Waals surface area contributed by atoms with Gasteiger partial charge in [-0.1, -0.05) is 53.5 Å². The summed E-state index contributed by atoms with van der Waals surface area (Å²) in [6, 6.07) is 15.1. The van der Waals surface area contributed by atoms with Crippen molar-refractivity contribution >= 4 is 40.4 Å². The summed E-state index contributed by atoms with van der Waals surface area (Å²) in [4.78, 5) is 10.6. The predicted octanol–water partition coefficient (Wildman–Crippen LogP) is 4.65. The van der Waals surface area contributed by atoms with Gasteiger partial charge in [0.25, 0.3) is 0 Å². The zero-order valence-electron chi connectivity index (χ0n) is 10.9. The summed E-state index contributed by atoms with van der Waals surface area (Å²) >= 11 is 11.2. The molecule has 0 amide bonds. The number of nitrogens with one attached hydrogen (secondary N) is 1. The standard InChI is InChI=1S/C16H12Cl2FNO/c17-16(18)15(21)10-14(11-4-2-1-3-5-11)20-13-8-6-12(19)7-9-13/h1-10,16,20H/b14-10+. The van der Waals surface area contributed by atoms with Crippen molar-refractivity contribution in [2.75, 3.05) is 5.32 Å². The third-order valence-corrected chi connectivity index (χ3v) is 3.14. The zero-order chi connectivity index (χ0) is 15.2. The van der Waals surface area contributed by atoms with Gasteiger partial charge in [0.15, 0.2) is 10.6 Å². The Labute approximate surface area is 132 Å². The van der Waals surface area contributed by atoms with E-state index in [9.17, 15) is 9.18 Å². The predicted molar refractivity (Wildman–Crippen MR) is 84.9 cm³/mol. The van der Waals surface area contributed by atoms with Crippen LogP contribution in [0.15, 0.2) is 60.7 Å². The van der Waals surface area contributed by atoms with Crippen LogP contribution >= 0.6 is 23.2 Å². The highest BCUT2D eigenvalue weighted by atomic mass is 35.5. The number of hydrogen-bond acceptors (Lipinski definition) is 2. The maximum Gasteiger partial charge on any atom is 0.190 e. The molecular weight excluding hydrogens is 312 g/mol. The molecule has 5 heteroatoms. The van der Waals surface area contributed by atoms with E-state index in [0.29, 0.717) is 11.4 Å². The van der Waals surface area contributed by atoms with Crippen LogP contribution in [0.5, 0.6) is 0 Å². The van der Waals surface area contributed by atoms with Crippen LogP contribution in [-0.4, -0.2) is 10.6 Å². The van der Waals surface area contributed by atoms with E-state index in [-0.39, 0.29) is 5.82 Å². The topological polar surface area (TPSA) is 29.1 Å². The molecule has 1 N–H and O–H groups in total. The van der Waals surface area contributed by atoms with Crippen LogP contribution in [-0.2, 0) is 4.79 Å². The molecule has 0 aliphatic carbocycles. The molecule has 0 heterocycles. The molecule has 0 saturated carbocycles. The van der Waals surface area contributed by atoms with Gasteiger partial charge in [0.1, 0.15) is 5.82 Å². The molecule has 0 aliphatic heterocycles. The second-order valence-corrected chi connectivity index (χ2v) is 5.36. The van der Waals surface area contributed by atoms with Gasteiger partial charge in [0.2, 0.25) is 0 Å². The Balaban J connectivity index is 2.32. The fraction of sp³-hybridized carbons (Fsp3) is 0.0625. The molecule has 2 rings (SSSR count). The Morgan fingerprint density at radius 1 is 1.05 bits per heavy atom. The lowest BCUT2D eigenvalue weighted by Crippen LogP contribution is -2.08. The second-order valence-electron chi connectivity index (χ2n) is 4.26. The highest BCUT2D eigenvalue weighted by Gasteiger charge is 2.11. The van der Waals surface area contributed by atoms with Gasteiger partial charge in [-0.05, 0) is 29.8 Å². The number of anilines is 1. The van der Waals surface area contributed by atoms with Gasteiger partial charge in [-0.2, -0.15) is 0 Å². The van der Waals surface area contributed by atoms with Crippen molar-refractivity contribution < 1.29 is 9.18 Å². The molecule has 0 radical (unpaired) electrons. The number of benzene rings is 2. The van der Waals surface area contributed by atoms with E-state index < -0.39 is 10.6 Å². The first-order valence-corrected chi connectivity index (χ1v) is 7.05. The lowest BCUT2D eigenvalue weighted by Gasteiger charge is -2.11. The number of ketones is 1. The lowest BCUT2D eigenvalue weighted by atomic mass is 10.1. The first-order chi connectivity index (χ1) is 10.1. The molecule has 108 valence electrons. The molecule has 0 bridgehead atoms. The summed E-state index contributed by atoms with van der Waals surface area (Å²) < 4.78 is 12.9. The van der Waals surface area contributed by atoms with Gasteiger partial charge in [0, 0.05) is 17.5 Å². The highest BCUT2D eigenvalue weighted by molar-refractivity contribution is 6.55. The fourth-order valence-corrected chi connectivity index (χ4v) is 1.83. The summed E-state index contributed by atoms with van der Waals surface area (Å²) in [6.45, 7) is 0. The smallest absolute Gasteiger partial charge is 0.190 e. The van der Waals surface area contributed by atoms with E-state index in [1.807, 2.05) is 30.3 Å². The zero-order valence-corrected chi connectivity index (χ0v) is 12.4. The third kappa shape index (κ3) is 4.59. The minimum absolute atomic E-state index is 0.330. The van der Waals surface area contributed by atoms with Crippen molar-refractivity contribution in [1.82, 2.24) is 0 Å². The number of alkyl halides is 2. The SMILES string of the molecule is O=C(/C=C(/Nc1ccc(F)cc1)c1ccccc1)C(Cl)Cl. The van der Waals surface area contributed by atoms with Crippen LogP contribution < -0.4 is 5.32 Å². The summed E-state index contributed by atoms with van der Waals surface area (Å²) in [7, 11) is 0. The Morgan fingerprint density at radius 3 is 2.24 bits per heavy atom. The van der Waals surface area contributed by atoms with E-state index in [0.717, 1.165) is 5.56 Å². The Bertz CT molecular complexity index is 639. The largest absolute Gasteiger partial charge is 0.355 e. The molecule has 0 unspecified atom stereocenters. The van der Waals surface area contributed by atoms with E-state index >= 15 is 0 Å². The molecule has 0 saturated heterocycles. The molecule has 2 nitrogen and oxygen atoms in total. The van der Waals surface area contributed by atoms with E-state index in [4.69, 9.17) is 23.2 Å². The third-order valence-electron chi connectivity index (χ3n) is 2.71. The van der Waals surface area contributed by atoms with Gasteiger partial charge in [0.05, 0.1) is 0 Å². The molecule has 0 spiro atoms. The monoisotopic (exact) mass is 323 g/mol. The van der Waals surface area contributed by atoms with Gasteiger partial charge in [-0.15, -0.1) is 0 Å². The molecule has 21 heavy (non-hydrogen) atoms. The molecule has 0 aromatic heterocycles. The summed E-state index contributed by atoms with van der Waals surface area (Å²) in [5.41, 5.74) is 1.99. The minimum atomic E-state index is -1.13. The van der Waals surface area contributed by atoms with Crippen LogP contribution in [0.3, 0.4) is 0 Å². The summed E-state index contributed by atoms with van der Waals surface area (Å²) in [6.07, 6.45) is 1.34. The van der Waals surface area contributed by atoms with Gasteiger partial charge >= 0.3 is 0 Å². The highest BCUT2D eigenvalue weighted by Crippen LogP contribution is 2.20. The van der Waals surface area contributed by atoms with Crippen molar-refractivity contribution in [2.45, 2.75) is 4.84 Å². The number of allylic oxidation sites excluding steroid dienone is 1. The lowest BCUT2D eigenvalue weighted by molar-refractivity contribution is -0.113. The van der Waals surface area contributed by atoms with Crippen LogP contribution in [0.1, 0.15) is 5.56 Å².